The zero-order valence-electron chi connectivity index (χ0n) is 16.4. The highest BCUT2D eigenvalue weighted by molar-refractivity contribution is 7.92. The highest BCUT2D eigenvalue weighted by atomic mass is 32.2. The number of anilines is 2. The second-order valence-electron chi connectivity index (χ2n) is 6.55. The summed E-state index contributed by atoms with van der Waals surface area (Å²) in [6.07, 6.45) is 4.50. The van der Waals surface area contributed by atoms with E-state index in [2.05, 4.69) is 20.0 Å². The Labute approximate surface area is 178 Å². The molecule has 0 atom stereocenters. The number of fused-ring (bicyclic) bond motifs is 1. The monoisotopic (exact) mass is 438 g/mol. The molecule has 0 aliphatic carbocycles. The molecule has 2 aromatic carbocycles. The van der Waals surface area contributed by atoms with Gasteiger partial charge >= 0.3 is 0 Å². The van der Waals surface area contributed by atoms with Gasteiger partial charge in [0.15, 0.2) is 0 Å². The third-order valence-electron chi connectivity index (χ3n) is 4.45. The highest BCUT2D eigenvalue weighted by Crippen LogP contribution is 2.26. The first-order chi connectivity index (χ1) is 14.9. The molecule has 0 aliphatic heterocycles. The van der Waals surface area contributed by atoms with Crippen LogP contribution in [0.5, 0.6) is 5.75 Å². The van der Waals surface area contributed by atoms with E-state index in [1.54, 1.807) is 25.3 Å². The minimum atomic E-state index is -3.84. The van der Waals surface area contributed by atoms with E-state index in [-0.39, 0.29) is 23.2 Å². The quantitative estimate of drug-likeness (QED) is 0.454. The molecule has 0 saturated carbocycles. The molecule has 0 radical (unpaired) electrons. The van der Waals surface area contributed by atoms with Crippen molar-refractivity contribution >= 4 is 38.5 Å². The van der Waals surface area contributed by atoms with Gasteiger partial charge in [-0.15, -0.1) is 0 Å². The van der Waals surface area contributed by atoms with Crippen molar-refractivity contribution < 1.29 is 22.4 Å². The predicted molar refractivity (Wildman–Crippen MR) is 114 cm³/mol. The Morgan fingerprint density at radius 2 is 1.84 bits per heavy atom. The lowest BCUT2D eigenvalue weighted by Crippen LogP contribution is -2.16. The third kappa shape index (κ3) is 4.64. The van der Waals surface area contributed by atoms with Crippen LogP contribution in [0.15, 0.2) is 76.5 Å². The van der Waals surface area contributed by atoms with Gasteiger partial charge in [-0.1, -0.05) is 0 Å². The van der Waals surface area contributed by atoms with Crippen LogP contribution in [0.4, 0.5) is 11.6 Å². The van der Waals surface area contributed by atoms with E-state index in [0.29, 0.717) is 17.0 Å². The van der Waals surface area contributed by atoms with Gasteiger partial charge in [-0.3, -0.25) is 4.79 Å². The Kier molecular flexibility index (Phi) is 5.54. The fourth-order valence-corrected chi connectivity index (χ4v) is 3.91. The second-order valence-corrected chi connectivity index (χ2v) is 8.23. The number of sulfonamides is 1. The lowest BCUT2D eigenvalue weighted by Gasteiger charge is -2.08. The van der Waals surface area contributed by atoms with Gasteiger partial charge in [-0.25, -0.2) is 23.1 Å². The van der Waals surface area contributed by atoms with Crippen LogP contribution < -0.4 is 14.8 Å². The van der Waals surface area contributed by atoms with Crippen molar-refractivity contribution in [3.8, 4) is 5.75 Å². The summed E-state index contributed by atoms with van der Waals surface area (Å²) in [5, 5.41) is 3.55. The van der Waals surface area contributed by atoms with E-state index < -0.39 is 10.0 Å². The maximum atomic E-state index is 12.5. The summed E-state index contributed by atoms with van der Waals surface area (Å²) in [6, 6.07) is 12.7. The number of carbonyl (C=O) groups excluding carboxylic acids is 1. The van der Waals surface area contributed by atoms with Gasteiger partial charge in [0.2, 0.25) is 11.9 Å². The SMILES string of the molecule is COc1ccc2occ(CC(=O)Nc3ccc(S(=O)(=O)Nc4ncccn4)cc3)c2c1. The molecule has 4 aromatic rings. The number of nitrogens with zero attached hydrogens (tertiary/aromatic N) is 2. The average molecular weight is 438 g/mol. The Balaban J connectivity index is 1.44. The van der Waals surface area contributed by atoms with Gasteiger partial charge in [0.05, 0.1) is 24.7 Å². The van der Waals surface area contributed by atoms with Crippen LogP contribution in [0, 0.1) is 0 Å². The summed E-state index contributed by atoms with van der Waals surface area (Å²) in [4.78, 5) is 20.2. The predicted octanol–water partition coefficient (Wildman–Crippen LogP) is 3.21. The second kappa shape index (κ2) is 8.44. The van der Waals surface area contributed by atoms with E-state index in [1.807, 2.05) is 6.07 Å². The molecule has 158 valence electrons. The molecular formula is C21H18N4O5S. The maximum Gasteiger partial charge on any atom is 0.264 e. The topological polar surface area (TPSA) is 123 Å². The zero-order valence-corrected chi connectivity index (χ0v) is 17.2. The number of benzene rings is 2. The van der Waals surface area contributed by atoms with Gasteiger partial charge in [0.25, 0.3) is 10.0 Å². The molecule has 2 aromatic heterocycles. The van der Waals surface area contributed by atoms with Crippen molar-refractivity contribution in [1.29, 1.82) is 0 Å². The number of ether oxygens (including phenoxy) is 1. The molecule has 2 N–H and O–H groups in total. The first kappa shape index (κ1) is 20.4. The van der Waals surface area contributed by atoms with Crippen molar-refractivity contribution in [2.24, 2.45) is 0 Å². The number of carbonyl (C=O) groups is 1. The summed E-state index contributed by atoms with van der Waals surface area (Å²) in [5.74, 6) is 0.377. The molecule has 2 heterocycles. The molecule has 0 bridgehead atoms. The molecule has 10 heteroatoms. The summed E-state index contributed by atoms with van der Waals surface area (Å²) in [5.41, 5.74) is 1.84. The van der Waals surface area contributed by atoms with Gasteiger partial charge in [-0.2, -0.15) is 0 Å². The lowest BCUT2D eigenvalue weighted by atomic mass is 10.1. The number of aromatic nitrogens is 2. The molecule has 4 rings (SSSR count). The van der Waals surface area contributed by atoms with E-state index in [4.69, 9.17) is 9.15 Å². The summed E-state index contributed by atoms with van der Waals surface area (Å²) >= 11 is 0. The normalized spacial score (nSPS) is 11.3. The number of amides is 1. The molecular weight excluding hydrogens is 420 g/mol. The first-order valence-electron chi connectivity index (χ1n) is 9.18. The van der Waals surface area contributed by atoms with Crippen molar-refractivity contribution in [3.05, 3.63) is 72.8 Å². The summed E-state index contributed by atoms with van der Waals surface area (Å²) < 4.78 is 37.8. The van der Waals surface area contributed by atoms with Crippen LogP contribution in [-0.2, 0) is 21.2 Å². The van der Waals surface area contributed by atoms with Gasteiger partial charge in [-0.05, 0) is 48.5 Å². The van der Waals surface area contributed by atoms with Crippen LogP contribution in [0.2, 0.25) is 0 Å². The fraction of sp³-hybridized carbons (Fsp3) is 0.0952. The molecule has 31 heavy (non-hydrogen) atoms. The van der Waals surface area contributed by atoms with Crippen molar-refractivity contribution in [2.45, 2.75) is 11.3 Å². The number of methoxy groups -OCH3 is 1. The standard InChI is InChI=1S/C21H18N4O5S/c1-29-16-5-8-19-18(12-16)14(13-30-19)11-20(26)24-15-3-6-17(7-4-15)31(27,28)25-21-22-9-2-10-23-21/h2-10,12-13H,11H2,1H3,(H,24,26)(H,22,23,25). The molecule has 0 saturated heterocycles. The highest BCUT2D eigenvalue weighted by Gasteiger charge is 2.16. The largest absolute Gasteiger partial charge is 0.497 e. The van der Waals surface area contributed by atoms with Crippen LogP contribution in [0.25, 0.3) is 11.0 Å². The Morgan fingerprint density at radius 3 is 2.55 bits per heavy atom. The fourth-order valence-electron chi connectivity index (χ4n) is 2.95. The number of hydrogen-bond acceptors (Lipinski definition) is 7. The van der Waals surface area contributed by atoms with E-state index in [9.17, 15) is 13.2 Å². The van der Waals surface area contributed by atoms with Gasteiger partial charge < -0.3 is 14.5 Å². The molecule has 1 amide bonds. The van der Waals surface area contributed by atoms with Crippen LogP contribution in [-0.4, -0.2) is 31.4 Å². The van der Waals surface area contributed by atoms with Crippen molar-refractivity contribution in [3.63, 3.8) is 0 Å². The van der Waals surface area contributed by atoms with E-state index in [0.717, 1.165) is 10.9 Å². The minimum Gasteiger partial charge on any atom is -0.497 e. The molecule has 9 nitrogen and oxygen atoms in total. The molecule has 0 aliphatic rings. The van der Waals surface area contributed by atoms with Gasteiger partial charge in [0.1, 0.15) is 11.3 Å². The Bertz CT molecular complexity index is 1320. The molecule has 0 unspecified atom stereocenters. The first-order valence-corrected chi connectivity index (χ1v) is 10.7. The smallest absolute Gasteiger partial charge is 0.264 e. The minimum absolute atomic E-state index is 0.0193. The third-order valence-corrected chi connectivity index (χ3v) is 5.80. The average Bonchev–Trinajstić information content (AvgIpc) is 3.16. The van der Waals surface area contributed by atoms with Crippen LogP contribution in [0.3, 0.4) is 0 Å². The van der Waals surface area contributed by atoms with E-state index in [1.165, 1.54) is 42.9 Å². The number of nitrogens with one attached hydrogen (secondary N) is 2. The summed E-state index contributed by atoms with van der Waals surface area (Å²) in [7, 11) is -2.27. The molecule has 0 spiro atoms. The van der Waals surface area contributed by atoms with Crippen LogP contribution >= 0.6 is 0 Å². The Hall–Kier alpha value is -3.92. The number of rotatable bonds is 7. The van der Waals surface area contributed by atoms with Crippen molar-refractivity contribution in [1.82, 2.24) is 9.97 Å². The number of hydrogen-bond donors (Lipinski definition) is 2. The Morgan fingerprint density at radius 1 is 1.10 bits per heavy atom. The molecule has 0 fully saturated rings. The van der Waals surface area contributed by atoms with Crippen LogP contribution in [0.1, 0.15) is 5.56 Å². The summed E-state index contributed by atoms with van der Waals surface area (Å²) in [6.45, 7) is 0. The maximum absolute atomic E-state index is 12.5. The lowest BCUT2D eigenvalue weighted by molar-refractivity contribution is -0.115. The zero-order chi connectivity index (χ0) is 21.8. The van der Waals surface area contributed by atoms with Gasteiger partial charge in [0, 0.05) is 29.0 Å². The number of furan rings is 1. The van der Waals surface area contributed by atoms with E-state index >= 15 is 0 Å². The van der Waals surface area contributed by atoms with Crippen molar-refractivity contribution in [2.75, 3.05) is 17.1 Å².